The summed E-state index contributed by atoms with van der Waals surface area (Å²) in [5, 5.41) is 3.60. The van der Waals surface area contributed by atoms with Crippen LogP contribution in [0.2, 0.25) is 0 Å². The van der Waals surface area contributed by atoms with Crippen LogP contribution >= 0.6 is 0 Å². The Bertz CT molecular complexity index is 1100. The maximum atomic E-state index is 12.9. The smallest absolute Gasteiger partial charge is 0.237 e. The lowest BCUT2D eigenvalue weighted by Gasteiger charge is -2.19. The van der Waals surface area contributed by atoms with Gasteiger partial charge in [0.25, 0.3) is 0 Å². The average molecular weight is 372 g/mol. The summed E-state index contributed by atoms with van der Waals surface area (Å²) in [6, 6.07) is 15.5. The van der Waals surface area contributed by atoms with Crippen molar-refractivity contribution in [2.45, 2.75) is 20.3 Å². The van der Waals surface area contributed by atoms with E-state index in [9.17, 15) is 4.79 Å². The van der Waals surface area contributed by atoms with Crippen molar-refractivity contribution in [3.63, 3.8) is 0 Å². The molecule has 1 aromatic heterocycles. The first-order chi connectivity index (χ1) is 13.5. The van der Waals surface area contributed by atoms with Gasteiger partial charge in [0, 0.05) is 11.1 Å². The molecule has 7 heteroatoms. The van der Waals surface area contributed by atoms with Crippen molar-refractivity contribution in [2.24, 2.45) is 16.7 Å². The molecule has 0 fully saturated rings. The number of carbonyl (C=O) groups excluding carboxylic acids is 1. The van der Waals surface area contributed by atoms with Gasteiger partial charge in [0.15, 0.2) is 11.7 Å². The van der Waals surface area contributed by atoms with Crippen LogP contribution in [0.4, 0.5) is 11.5 Å². The molecule has 0 atom stereocenters. The number of aromatic nitrogens is 2. The minimum absolute atomic E-state index is 0.0754. The SMILES string of the molecule is Cc1ccc(-c2nc(C(N)=NN)c3c(n2)N(c2ccccc2C)C(=O)C3)cc1. The molecule has 2 aromatic carbocycles. The summed E-state index contributed by atoms with van der Waals surface area (Å²) in [4.78, 5) is 23.8. The maximum absolute atomic E-state index is 12.9. The Morgan fingerprint density at radius 2 is 1.79 bits per heavy atom. The summed E-state index contributed by atoms with van der Waals surface area (Å²) in [5.74, 6) is 6.39. The molecular formula is C21H20N6O. The van der Waals surface area contributed by atoms with E-state index < -0.39 is 0 Å². The molecule has 0 bridgehead atoms. The third kappa shape index (κ3) is 2.87. The average Bonchev–Trinajstić information content (AvgIpc) is 3.03. The topological polar surface area (TPSA) is 110 Å². The van der Waals surface area contributed by atoms with Gasteiger partial charge in [0.2, 0.25) is 5.91 Å². The van der Waals surface area contributed by atoms with E-state index in [1.165, 1.54) is 0 Å². The van der Waals surface area contributed by atoms with E-state index in [1.807, 2.05) is 62.4 Å². The third-order valence-corrected chi connectivity index (χ3v) is 4.82. The monoisotopic (exact) mass is 372 g/mol. The summed E-state index contributed by atoms with van der Waals surface area (Å²) < 4.78 is 0. The molecule has 1 amide bonds. The van der Waals surface area contributed by atoms with E-state index in [4.69, 9.17) is 16.6 Å². The highest BCUT2D eigenvalue weighted by Crippen LogP contribution is 2.37. The molecule has 0 saturated heterocycles. The van der Waals surface area contributed by atoms with Crippen LogP contribution in [0, 0.1) is 13.8 Å². The fourth-order valence-electron chi connectivity index (χ4n) is 3.34. The predicted octanol–water partition coefficient (Wildman–Crippen LogP) is 2.56. The van der Waals surface area contributed by atoms with Crippen LogP contribution < -0.4 is 16.5 Å². The van der Waals surface area contributed by atoms with Crippen molar-refractivity contribution in [3.05, 3.63) is 70.9 Å². The number of carbonyl (C=O) groups is 1. The third-order valence-electron chi connectivity index (χ3n) is 4.82. The lowest BCUT2D eigenvalue weighted by molar-refractivity contribution is -0.116. The molecule has 2 heterocycles. The first-order valence-corrected chi connectivity index (χ1v) is 8.90. The zero-order chi connectivity index (χ0) is 19.8. The van der Waals surface area contributed by atoms with Crippen LogP contribution in [0.15, 0.2) is 53.6 Å². The summed E-state index contributed by atoms with van der Waals surface area (Å²) >= 11 is 0. The van der Waals surface area contributed by atoms with Gasteiger partial charge in [-0.25, -0.2) is 9.97 Å². The fourth-order valence-corrected chi connectivity index (χ4v) is 3.34. The van der Waals surface area contributed by atoms with Gasteiger partial charge in [-0.05, 0) is 25.5 Å². The Kier molecular flexibility index (Phi) is 4.27. The van der Waals surface area contributed by atoms with Crippen molar-refractivity contribution in [2.75, 3.05) is 4.90 Å². The van der Waals surface area contributed by atoms with Crippen molar-refractivity contribution in [1.82, 2.24) is 9.97 Å². The number of para-hydroxylation sites is 1. The number of aryl methyl sites for hydroxylation is 2. The van der Waals surface area contributed by atoms with Crippen LogP contribution in [0.25, 0.3) is 11.4 Å². The number of hydrogen-bond acceptors (Lipinski definition) is 5. The van der Waals surface area contributed by atoms with E-state index in [0.29, 0.717) is 22.9 Å². The second-order valence-corrected chi connectivity index (χ2v) is 6.77. The number of rotatable bonds is 3. The van der Waals surface area contributed by atoms with Crippen molar-refractivity contribution >= 4 is 23.2 Å². The van der Waals surface area contributed by atoms with Crippen LogP contribution in [-0.4, -0.2) is 21.7 Å². The van der Waals surface area contributed by atoms with Gasteiger partial charge in [-0.15, -0.1) is 0 Å². The Morgan fingerprint density at radius 3 is 2.46 bits per heavy atom. The van der Waals surface area contributed by atoms with E-state index in [1.54, 1.807) is 4.90 Å². The number of amides is 1. The van der Waals surface area contributed by atoms with Gasteiger partial charge in [0.1, 0.15) is 11.5 Å². The normalized spacial score (nSPS) is 13.7. The first-order valence-electron chi connectivity index (χ1n) is 8.90. The van der Waals surface area contributed by atoms with Gasteiger partial charge in [0.05, 0.1) is 12.1 Å². The number of hydrazone groups is 1. The molecule has 0 spiro atoms. The lowest BCUT2D eigenvalue weighted by Crippen LogP contribution is -2.22. The second kappa shape index (κ2) is 6.77. The van der Waals surface area contributed by atoms with Gasteiger partial charge in [-0.2, -0.15) is 5.10 Å². The molecule has 0 aliphatic carbocycles. The molecule has 3 aromatic rings. The molecule has 0 saturated carbocycles. The maximum Gasteiger partial charge on any atom is 0.237 e. The minimum atomic E-state index is -0.0919. The quantitative estimate of drug-likeness (QED) is 0.318. The number of amidine groups is 1. The molecule has 28 heavy (non-hydrogen) atoms. The highest BCUT2D eigenvalue weighted by molar-refractivity contribution is 6.10. The fraction of sp³-hybridized carbons (Fsp3) is 0.143. The van der Waals surface area contributed by atoms with Gasteiger partial charge in [-0.3, -0.25) is 9.69 Å². The number of benzene rings is 2. The van der Waals surface area contributed by atoms with E-state index in [2.05, 4.69) is 10.1 Å². The van der Waals surface area contributed by atoms with E-state index >= 15 is 0 Å². The number of nitrogens with zero attached hydrogens (tertiary/aromatic N) is 4. The number of hydrogen-bond donors (Lipinski definition) is 2. The molecule has 1 aliphatic rings. The molecule has 4 rings (SSSR count). The molecule has 7 nitrogen and oxygen atoms in total. The van der Waals surface area contributed by atoms with Gasteiger partial charge in [-0.1, -0.05) is 48.0 Å². The van der Waals surface area contributed by atoms with Gasteiger partial charge < -0.3 is 11.6 Å². The molecule has 0 radical (unpaired) electrons. The van der Waals surface area contributed by atoms with Crippen molar-refractivity contribution in [3.8, 4) is 11.4 Å². The van der Waals surface area contributed by atoms with Gasteiger partial charge >= 0.3 is 0 Å². The highest BCUT2D eigenvalue weighted by atomic mass is 16.2. The Balaban J connectivity index is 1.96. The van der Waals surface area contributed by atoms with E-state index in [0.717, 1.165) is 22.4 Å². The van der Waals surface area contributed by atoms with Crippen LogP contribution in [0.5, 0.6) is 0 Å². The largest absolute Gasteiger partial charge is 0.380 e. The van der Waals surface area contributed by atoms with Crippen molar-refractivity contribution in [1.29, 1.82) is 0 Å². The van der Waals surface area contributed by atoms with Crippen LogP contribution in [0.1, 0.15) is 22.4 Å². The standard InChI is InChI=1S/C21H20N6O/c1-12-7-9-14(10-8-12)20-24-18(19(22)26-23)15-11-17(28)27(21(15)25-20)16-6-4-3-5-13(16)2/h3-10H,11,23H2,1-2H3,(H2,22,26). The molecule has 4 N–H and O–H groups in total. The predicted molar refractivity (Wildman–Crippen MR) is 109 cm³/mol. The molecule has 140 valence electrons. The Morgan fingerprint density at radius 1 is 1.07 bits per heavy atom. The summed E-state index contributed by atoms with van der Waals surface area (Å²) in [5.41, 5.74) is 10.7. The van der Waals surface area contributed by atoms with Crippen molar-refractivity contribution < 1.29 is 4.79 Å². The summed E-state index contributed by atoms with van der Waals surface area (Å²) in [6.45, 7) is 3.97. The minimum Gasteiger partial charge on any atom is -0.380 e. The Hall–Kier alpha value is -3.74. The zero-order valence-electron chi connectivity index (χ0n) is 15.7. The zero-order valence-corrected chi connectivity index (χ0v) is 15.7. The molecule has 1 aliphatic heterocycles. The molecular weight excluding hydrogens is 352 g/mol. The van der Waals surface area contributed by atoms with Crippen LogP contribution in [-0.2, 0) is 11.2 Å². The first kappa shape index (κ1) is 17.7. The van der Waals surface area contributed by atoms with Crippen LogP contribution in [0.3, 0.4) is 0 Å². The highest BCUT2D eigenvalue weighted by Gasteiger charge is 2.35. The summed E-state index contributed by atoms with van der Waals surface area (Å²) in [6.07, 6.45) is 0.142. The Labute approximate surface area is 162 Å². The molecule has 0 unspecified atom stereocenters. The second-order valence-electron chi connectivity index (χ2n) is 6.77. The number of anilines is 2. The summed E-state index contributed by atoms with van der Waals surface area (Å²) in [7, 11) is 0. The number of fused-ring (bicyclic) bond motifs is 1. The van der Waals surface area contributed by atoms with E-state index in [-0.39, 0.29) is 18.2 Å². The number of nitrogens with two attached hydrogens (primary N) is 2. The lowest BCUT2D eigenvalue weighted by atomic mass is 10.1.